The molecule has 0 radical (unpaired) electrons. The quantitative estimate of drug-likeness (QED) is 0.573. The number of cyclic esters (lactones) is 1. The number of rotatable bonds is 2. The third kappa shape index (κ3) is 1.77. The summed E-state index contributed by atoms with van der Waals surface area (Å²) in [7, 11) is 0. The lowest BCUT2D eigenvalue weighted by Crippen LogP contribution is -2.54. The summed E-state index contributed by atoms with van der Waals surface area (Å²) in [5.74, 6) is -0.598. The fourth-order valence-electron chi connectivity index (χ4n) is 6.28. The van der Waals surface area contributed by atoms with E-state index in [2.05, 4.69) is 6.58 Å². The molecular formula is C22H22O6. The van der Waals surface area contributed by atoms with Gasteiger partial charge in [-0.05, 0) is 31.3 Å². The zero-order chi connectivity index (χ0) is 20.0. The third-order valence-electron chi connectivity index (χ3n) is 7.37. The Morgan fingerprint density at radius 2 is 2.04 bits per heavy atom. The maximum atomic E-state index is 13.5. The van der Waals surface area contributed by atoms with E-state index in [1.165, 1.54) is 12.5 Å². The summed E-state index contributed by atoms with van der Waals surface area (Å²) in [6.45, 7) is 9.56. The summed E-state index contributed by atoms with van der Waals surface area (Å²) >= 11 is 0. The molecule has 2 heterocycles. The van der Waals surface area contributed by atoms with E-state index in [0.29, 0.717) is 30.4 Å². The third-order valence-corrected chi connectivity index (χ3v) is 7.37. The van der Waals surface area contributed by atoms with Gasteiger partial charge in [-0.3, -0.25) is 9.59 Å². The Balaban J connectivity index is 1.83. The number of Topliss-reactive ketones (excluding diaryl/α,β-unsaturated/α-hetero) is 2. The number of carbonyl (C=O) groups is 3. The summed E-state index contributed by atoms with van der Waals surface area (Å²) < 4.78 is 16.8. The van der Waals surface area contributed by atoms with Gasteiger partial charge in [0.1, 0.15) is 17.6 Å². The van der Waals surface area contributed by atoms with Crippen LogP contribution in [0, 0.1) is 17.3 Å². The van der Waals surface area contributed by atoms with Crippen LogP contribution in [0.4, 0.5) is 0 Å². The smallest absolute Gasteiger partial charge is 0.344 e. The van der Waals surface area contributed by atoms with E-state index >= 15 is 0 Å². The Kier molecular flexibility index (Phi) is 3.27. The van der Waals surface area contributed by atoms with Gasteiger partial charge in [0, 0.05) is 28.9 Å². The summed E-state index contributed by atoms with van der Waals surface area (Å²) in [4.78, 5) is 38.7. The van der Waals surface area contributed by atoms with Gasteiger partial charge < -0.3 is 13.9 Å². The predicted molar refractivity (Wildman–Crippen MR) is 97.5 cm³/mol. The number of ether oxygens (including phenoxy) is 2. The molecule has 5 rings (SSSR count). The molecule has 146 valence electrons. The predicted octanol–water partition coefficient (Wildman–Crippen LogP) is 3.71. The van der Waals surface area contributed by atoms with Crippen LogP contribution in [0.1, 0.15) is 66.5 Å². The average molecular weight is 382 g/mol. The Morgan fingerprint density at radius 3 is 2.75 bits per heavy atom. The molecule has 0 N–H and O–H groups in total. The Hall–Kier alpha value is -2.63. The second kappa shape index (κ2) is 5.25. The van der Waals surface area contributed by atoms with E-state index in [0.717, 1.165) is 5.57 Å². The SMILES string of the molecule is C=CO[C@H]1OC(=O)c2coc3c2[C@@]1(C)C1=C(C3=O)C2CCC(=O)[C@@]2(C)C[C@H]1C. The van der Waals surface area contributed by atoms with Crippen molar-refractivity contribution in [3.8, 4) is 0 Å². The first-order valence-electron chi connectivity index (χ1n) is 9.67. The van der Waals surface area contributed by atoms with Crippen LogP contribution >= 0.6 is 0 Å². The zero-order valence-corrected chi connectivity index (χ0v) is 16.2. The van der Waals surface area contributed by atoms with Crippen LogP contribution in [0.2, 0.25) is 0 Å². The van der Waals surface area contributed by atoms with Crippen LogP contribution in [-0.2, 0) is 19.7 Å². The van der Waals surface area contributed by atoms with E-state index in [1.54, 1.807) is 0 Å². The largest absolute Gasteiger partial charge is 0.462 e. The molecule has 1 aromatic rings. The molecule has 4 aliphatic rings. The molecule has 0 spiro atoms. The molecule has 0 bridgehead atoms. The van der Waals surface area contributed by atoms with E-state index in [9.17, 15) is 14.4 Å². The molecule has 6 nitrogen and oxygen atoms in total. The first-order chi connectivity index (χ1) is 13.2. The minimum absolute atomic E-state index is 0.0455. The van der Waals surface area contributed by atoms with Gasteiger partial charge in [-0.15, -0.1) is 0 Å². The minimum atomic E-state index is -0.941. The van der Waals surface area contributed by atoms with Crippen molar-refractivity contribution in [2.45, 2.75) is 51.7 Å². The maximum absolute atomic E-state index is 13.5. The first-order valence-corrected chi connectivity index (χ1v) is 9.67. The fraction of sp³-hybridized carbons (Fsp3) is 0.500. The molecule has 1 aliphatic heterocycles. The second-order valence-corrected chi connectivity index (χ2v) is 8.79. The van der Waals surface area contributed by atoms with Crippen molar-refractivity contribution in [1.82, 2.24) is 0 Å². The van der Waals surface area contributed by atoms with Crippen molar-refractivity contribution < 1.29 is 28.3 Å². The fourth-order valence-corrected chi connectivity index (χ4v) is 6.28. The van der Waals surface area contributed by atoms with E-state index < -0.39 is 23.1 Å². The summed E-state index contributed by atoms with van der Waals surface area (Å²) in [5, 5.41) is 0. The molecule has 1 unspecified atom stereocenters. The molecule has 0 aromatic carbocycles. The van der Waals surface area contributed by atoms with Crippen molar-refractivity contribution in [2.24, 2.45) is 17.3 Å². The number of fused-ring (bicyclic) bond motifs is 3. The number of furan rings is 1. The standard InChI is InChI=1S/C22H22O6/c1-5-26-20-22(4)15-10(2)8-21(3)12(6-7-13(21)23)14(15)17(24)18-16(22)11(9-27-18)19(25)28-20/h5,9-10,12,20H,1,6-8H2,2-4H3/t10-,12?,20+,21+,22-/m1/s1. The van der Waals surface area contributed by atoms with E-state index in [1.807, 2.05) is 20.8 Å². The minimum Gasteiger partial charge on any atom is -0.462 e. The molecule has 6 heteroatoms. The van der Waals surface area contributed by atoms with Gasteiger partial charge in [0.25, 0.3) is 6.29 Å². The lowest BCUT2D eigenvalue weighted by Gasteiger charge is -2.51. The van der Waals surface area contributed by atoms with Gasteiger partial charge in [-0.1, -0.05) is 20.4 Å². The van der Waals surface area contributed by atoms with Crippen LogP contribution in [0.25, 0.3) is 0 Å². The number of esters is 1. The molecule has 28 heavy (non-hydrogen) atoms. The van der Waals surface area contributed by atoms with Crippen LogP contribution in [0.5, 0.6) is 0 Å². The van der Waals surface area contributed by atoms with Crippen molar-refractivity contribution >= 4 is 17.5 Å². The van der Waals surface area contributed by atoms with Crippen molar-refractivity contribution in [3.05, 3.63) is 47.1 Å². The molecular weight excluding hydrogens is 360 g/mol. The van der Waals surface area contributed by atoms with Crippen LogP contribution in [0.3, 0.4) is 0 Å². The van der Waals surface area contributed by atoms with Gasteiger partial charge in [-0.2, -0.15) is 0 Å². The van der Waals surface area contributed by atoms with Crippen LogP contribution < -0.4 is 0 Å². The molecule has 0 amide bonds. The molecule has 0 saturated heterocycles. The number of carbonyl (C=O) groups excluding carboxylic acids is 3. The highest BCUT2D eigenvalue weighted by molar-refractivity contribution is 6.14. The lowest BCUT2D eigenvalue weighted by molar-refractivity contribution is -0.128. The normalized spacial score (nSPS) is 38.5. The summed E-state index contributed by atoms with van der Waals surface area (Å²) in [5.41, 5.74) is 0.957. The highest BCUT2D eigenvalue weighted by Gasteiger charge is 2.63. The van der Waals surface area contributed by atoms with Gasteiger partial charge in [0.05, 0.1) is 11.7 Å². The first kappa shape index (κ1) is 17.5. The zero-order valence-electron chi connectivity index (χ0n) is 16.2. The number of hydrogen-bond donors (Lipinski definition) is 0. The Morgan fingerprint density at radius 1 is 1.29 bits per heavy atom. The molecule has 1 saturated carbocycles. The van der Waals surface area contributed by atoms with Gasteiger partial charge in [0.15, 0.2) is 5.76 Å². The van der Waals surface area contributed by atoms with Crippen molar-refractivity contribution in [1.29, 1.82) is 0 Å². The lowest BCUT2D eigenvalue weighted by atomic mass is 9.53. The maximum Gasteiger partial charge on any atom is 0.344 e. The molecule has 1 fully saturated rings. The molecule has 3 aliphatic carbocycles. The van der Waals surface area contributed by atoms with Crippen LogP contribution in [0.15, 0.2) is 34.7 Å². The number of allylic oxidation sites excluding steroid dienone is 1. The summed E-state index contributed by atoms with van der Waals surface area (Å²) in [6.07, 6.45) is 3.40. The van der Waals surface area contributed by atoms with E-state index in [-0.39, 0.29) is 34.7 Å². The monoisotopic (exact) mass is 382 g/mol. The Labute approximate surface area is 162 Å². The molecule has 5 atom stereocenters. The number of ketones is 2. The second-order valence-electron chi connectivity index (χ2n) is 8.79. The highest BCUT2D eigenvalue weighted by Crippen LogP contribution is 2.62. The van der Waals surface area contributed by atoms with Gasteiger partial charge in [-0.25, -0.2) is 4.79 Å². The molecule has 1 aromatic heterocycles. The van der Waals surface area contributed by atoms with Crippen molar-refractivity contribution in [2.75, 3.05) is 0 Å². The topological polar surface area (TPSA) is 82.8 Å². The van der Waals surface area contributed by atoms with Crippen LogP contribution in [-0.4, -0.2) is 23.8 Å². The highest BCUT2D eigenvalue weighted by atomic mass is 16.7. The van der Waals surface area contributed by atoms with Gasteiger partial charge >= 0.3 is 5.97 Å². The number of hydrogen-bond acceptors (Lipinski definition) is 6. The summed E-state index contributed by atoms with van der Waals surface area (Å²) in [6, 6.07) is 0. The average Bonchev–Trinajstić information content (AvgIpc) is 3.21. The van der Waals surface area contributed by atoms with Crippen molar-refractivity contribution in [3.63, 3.8) is 0 Å². The Bertz CT molecular complexity index is 997. The van der Waals surface area contributed by atoms with E-state index in [4.69, 9.17) is 13.9 Å². The van der Waals surface area contributed by atoms with Gasteiger partial charge in [0.2, 0.25) is 5.78 Å².